The highest BCUT2D eigenvalue weighted by molar-refractivity contribution is 7.80. The Morgan fingerprint density at radius 2 is 1.47 bits per heavy atom. The predicted molar refractivity (Wildman–Crippen MR) is 139 cm³/mol. The summed E-state index contributed by atoms with van der Waals surface area (Å²) in [7, 11) is 0. The van der Waals surface area contributed by atoms with E-state index in [-0.39, 0.29) is 16.8 Å². The number of carbonyl (C=O) groups is 2. The Morgan fingerprint density at radius 1 is 0.765 bits per heavy atom. The number of hydrogen-bond acceptors (Lipinski definition) is 4. The second-order valence-electron chi connectivity index (χ2n) is 7.07. The topological polar surface area (TPSA) is 83.4 Å². The van der Waals surface area contributed by atoms with Crippen LogP contribution < -0.4 is 16.0 Å². The molecule has 0 aliphatic carbocycles. The molecule has 1 aromatic heterocycles. The summed E-state index contributed by atoms with van der Waals surface area (Å²) >= 11 is 17.5. The lowest BCUT2D eigenvalue weighted by atomic mass is 10.2. The molecular formula is C25H17Cl2N3O3S. The van der Waals surface area contributed by atoms with Crippen LogP contribution in [0.15, 0.2) is 89.3 Å². The van der Waals surface area contributed by atoms with Crippen molar-refractivity contribution in [2.75, 3.05) is 10.6 Å². The minimum atomic E-state index is -0.532. The van der Waals surface area contributed by atoms with Crippen LogP contribution in [0.25, 0.3) is 11.3 Å². The van der Waals surface area contributed by atoms with Crippen LogP contribution in [0.4, 0.5) is 11.4 Å². The summed E-state index contributed by atoms with van der Waals surface area (Å²) in [4.78, 5) is 24.9. The molecule has 2 amide bonds. The third-order valence-corrected chi connectivity index (χ3v) is 5.71. The normalized spacial score (nSPS) is 10.4. The molecule has 1 heterocycles. The lowest BCUT2D eigenvalue weighted by molar-refractivity contribution is 0.0950. The van der Waals surface area contributed by atoms with Crippen molar-refractivity contribution in [3.05, 3.63) is 106 Å². The van der Waals surface area contributed by atoms with E-state index >= 15 is 0 Å². The van der Waals surface area contributed by atoms with Crippen LogP contribution in [0, 0.1) is 0 Å². The maximum Gasteiger partial charge on any atom is 0.293 e. The van der Waals surface area contributed by atoms with E-state index < -0.39 is 5.91 Å². The second kappa shape index (κ2) is 10.5. The van der Waals surface area contributed by atoms with Gasteiger partial charge in [-0.1, -0.05) is 53.5 Å². The van der Waals surface area contributed by atoms with E-state index in [1.165, 1.54) is 6.07 Å². The first-order valence-corrected chi connectivity index (χ1v) is 11.2. The Hall–Kier alpha value is -3.65. The summed E-state index contributed by atoms with van der Waals surface area (Å²) < 4.78 is 5.63. The number of thiocarbonyl (C=S) groups is 1. The van der Waals surface area contributed by atoms with Crippen molar-refractivity contribution in [1.29, 1.82) is 0 Å². The summed E-state index contributed by atoms with van der Waals surface area (Å²) in [6.45, 7) is 0. The zero-order chi connectivity index (χ0) is 24.1. The molecule has 3 N–H and O–H groups in total. The van der Waals surface area contributed by atoms with Crippen LogP contribution in [-0.4, -0.2) is 16.9 Å². The maximum absolute atomic E-state index is 12.6. The number of anilines is 2. The molecule has 0 aliphatic heterocycles. The Kier molecular flexibility index (Phi) is 7.27. The van der Waals surface area contributed by atoms with Gasteiger partial charge >= 0.3 is 0 Å². The highest BCUT2D eigenvalue weighted by Crippen LogP contribution is 2.34. The molecule has 0 bridgehead atoms. The monoisotopic (exact) mass is 509 g/mol. The van der Waals surface area contributed by atoms with E-state index in [9.17, 15) is 9.59 Å². The average molecular weight is 510 g/mol. The van der Waals surface area contributed by atoms with Crippen molar-refractivity contribution in [1.82, 2.24) is 5.32 Å². The number of amides is 2. The Labute approximate surface area is 210 Å². The van der Waals surface area contributed by atoms with Gasteiger partial charge in [-0.15, -0.1) is 0 Å². The second-order valence-corrected chi connectivity index (χ2v) is 8.27. The van der Waals surface area contributed by atoms with E-state index in [2.05, 4.69) is 16.0 Å². The fourth-order valence-corrected chi connectivity index (χ4v) is 3.70. The molecule has 4 rings (SSSR count). The van der Waals surface area contributed by atoms with E-state index in [0.29, 0.717) is 38.3 Å². The summed E-state index contributed by atoms with van der Waals surface area (Å²) in [6, 6.07) is 24.1. The standard InChI is InChI=1S/C25H17Cl2N3O3S/c26-19-11-5-10-18(22(19)27)20-12-13-21(33-20)24(32)30-25(34)29-17-9-4-8-16(14-17)28-23(31)15-6-2-1-3-7-15/h1-14H,(H,28,31)(H2,29,30,32,34). The van der Waals surface area contributed by atoms with Crippen LogP contribution in [0.5, 0.6) is 0 Å². The lowest BCUT2D eigenvalue weighted by Crippen LogP contribution is -2.33. The number of halogens is 2. The first-order chi connectivity index (χ1) is 16.4. The summed E-state index contributed by atoms with van der Waals surface area (Å²) in [5.74, 6) is -0.310. The minimum absolute atomic E-state index is 0.0547. The van der Waals surface area contributed by atoms with Crippen molar-refractivity contribution in [3.8, 4) is 11.3 Å². The number of benzene rings is 3. The van der Waals surface area contributed by atoms with Gasteiger partial charge in [0.25, 0.3) is 11.8 Å². The van der Waals surface area contributed by atoms with E-state index in [1.54, 1.807) is 72.8 Å². The van der Waals surface area contributed by atoms with E-state index in [1.807, 2.05) is 6.07 Å². The smallest absolute Gasteiger partial charge is 0.293 e. The van der Waals surface area contributed by atoms with Gasteiger partial charge in [0.15, 0.2) is 10.9 Å². The Morgan fingerprint density at radius 3 is 2.24 bits per heavy atom. The molecule has 170 valence electrons. The van der Waals surface area contributed by atoms with Crippen molar-refractivity contribution in [2.45, 2.75) is 0 Å². The molecule has 0 fully saturated rings. The van der Waals surface area contributed by atoms with E-state index in [0.717, 1.165) is 0 Å². The van der Waals surface area contributed by atoms with Gasteiger partial charge < -0.3 is 15.1 Å². The molecule has 0 saturated heterocycles. The van der Waals surface area contributed by atoms with Crippen LogP contribution in [-0.2, 0) is 0 Å². The maximum atomic E-state index is 12.6. The van der Waals surface area contributed by atoms with Crippen LogP contribution in [0.2, 0.25) is 10.0 Å². The van der Waals surface area contributed by atoms with Crippen LogP contribution in [0.3, 0.4) is 0 Å². The Balaban J connectivity index is 1.38. The molecule has 4 aromatic rings. The van der Waals surface area contributed by atoms with Crippen molar-refractivity contribution >= 4 is 63.7 Å². The van der Waals surface area contributed by atoms with E-state index in [4.69, 9.17) is 39.8 Å². The first kappa shape index (κ1) is 23.5. The van der Waals surface area contributed by atoms with Crippen molar-refractivity contribution in [2.24, 2.45) is 0 Å². The molecular weight excluding hydrogens is 493 g/mol. The third kappa shape index (κ3) is 5.63. The van der Waals surface area contributed by atoms with Gasteiger partial charge in [-0.3, -0.25) is 14.9 Å². The zero-order valence-electron chi connectivity index (χ0n) is 17.5. The molecule has 3 aromatic carbocycles. The van der Waals surface area contributed by atoms with Crippen LogP contribution >= 0.6 is 35.4 Å². The highest BCUT2D eigenvalue weighted by Gasteiger charge is 2.16. The number of furan rings is 1. The molecule has 9 heteroatoms. The van der Waals surface area contributed by atoms with Gasteiger partial charge in [-0.25, -0.2) is 0 Å². The fourth-order valence-electron chi connectivity index (χ4n) is 3.09. The molecule has 0 radical (unpaired) electrons. The van der Waals surface area contributed by atoms with Gasteiger partial charge in [-0.2, -0.15) is 0 Å². The van der Waals surface area contributed by atoms with Gasteiger partial charge in [-0.05, 0) is 66.8 Å². The summed E-state index contributed by atoms with van der Waals surface area (Å²) in [5, 5.41) is 9.09. The van der Waals surface area contributed by atoms with Gasteiger partial charge in [0.05, 0.1) is 10.0 Å². The Bertz CT molecular complexity index is 1370. The van der Waals surface area contributed by atoms with Gasteiger partial charge in [0.2, 0.25) is 0 Å². The fraction of sp³-hybridized carbons (Fsp3) is 0. The lowest BCUT2D eigenvalue weighted by Gasteiger charge is -2.11. The number of hydrogen-bond donors (Lipinski definition) is 3. The molecule has 6 nitrogen and oxygen atoms in total. The average Bonchev–Trinajstić information content (AvgIpc) is 3.32. The van der Waals surface area contributed by atoms with Crippen LogP contribution in [0.1, 0.15) is 20.9 Å². The number of nitrogens with one attached hydrogen (secondary N) is 3. The molecule has 0 saturated carbocycles. The largest absolute Gasteiger partial charge is 0.451 e. The molecule has 0 aliphatic rings. The van der Waals surface area contributed by atoms with Crippen molar-refractivity contribution < 1.29 is 14.0 Å². The summed E-state index contributed by atoms with van der Waals surface area (Å²) in [6.07, 6.45) is 0. The molecule has 0 unspecified atom stereocenters. The molecule has 0 atom stereocenters. The number of rotatable bonds is 5. The zero-order valence-corrected chi connectivity index (χ0v) is 19.8. The molecule has 34 heavy (non-hydrogen) atoms. The molecule has 0 spiro atoms. The first-order valence-electron chi connectivity index (χ1n) is 10.0. The summed E-state index contributed by atoms with van der Waals surface area (Å²) in [5.41, 5.74) is 2.27. The van der Waals surface area contributed by atoms with Gasteiger partial charge in [0.1, 0.15) is 5.76 Å². The van der Waals surface area contributed by atoms with Crippen molar-refractivity contribution in [3.63, 3.8) is 0 Å². The third-order valence-electron chi connectivity index (χ3n) is 4.69. The number of carbonyl (C=O) groups excluding carboxylic acids is 2. The highest BCUT2D eigenvalue weighted by atomic mass is 35.5. The predicted octanol–water partition coefficient (Wildman–Crippen LogP) is 6.63. The SMILES string of the molecule is O=C(Nc1cccc(NC(=S)NC(=O)c2ccc(-c3cccc(Cl)c3Cl)o2)c1)c1ccccc1. The van der Waals surface area contributed by atoms with Gasteiger partial charge in [0, 0.05) is 22.5 Å². The minimum Gasteiger partial charge on any atom is -0.451 e. The quantitative estimate of drug-likeness (QED) is 0.263.